The molecule has 0 unspecified atom stereocenters. The summed E-state index contributed by atoms with van der Waals surface area (Å²) in [5, 5.41) is 15.3. The number of aliphatic hydroxyl groups excluding tert-OH is 1. The van der Waals surface area contributed by atoms with Crippen LogP contribution in [0.5, 0.6) is 0 Å². The molecule has 0 bridgehead atoms. The van der Waals surface area contributed by atoms with Crippen LogP contribution in [0.3, 0.4) is 0 Å². The molecule has 3 atom stereocenters. The minimum absolute atomic E-state index is 0.0177. The molecule has 3 N–H and O–H groups in total. The molecule has 0 radical (unpaired) electrons. The number of rotatable bonds is 4. The molecule has 2 aliphatic rings. The third-order valence-corrected chi connectivity index (χ3v) is 7.01. The van der Waals surface area contributed by atoms with Crippen molar-refractivity contribution in [3.63, 3.8) is 0 Å². The van der Waals surface area contributed by atoms with Gasteiger partial charge in [-0.15, -0.1) is 0 Å². The highest BCUT2D eigenvalue weighted by molar-refractivity contribution is 6.01. The maximum absolute atomic E-state index is 13.2. The SMILES string of the molecule is CCc1c(C(=O)N[C@@H]2CCC[C@@H](N3CCN(C(C)=O)CC3)[C@@H]2O)[nH]c2ccc(C)cc12. The summed E-state index contributed by atoms with van der Waals surface area (Å²) in [6, 6.07) is 5.93. The van der Waals surface area contributed by atoms with Crippen LogP contribution >= 0.6 is 0 Å². The number of aromatic amines is 1. The summed E-state index contributed by atoms with van der Waals surface area (Å²) in [4.78, 5) is 32.2. The Morgan fingerprint density at radius 1 is 1.19 bits per heavy atom. The van der Waals surface area contributed by atoms with Gasteiger partial charge in [-0.1, -0.05) is 18.6 Å². The summed E-state index contributed by atoms with van der Waals surface area (Å²) in [6.45, 7) is 8.65. The highest BCUT2D eigenvalue weighted by atomic mass is 16.3. The van der Waals surface area contributed by atoms with E-state index in [2.05, 4.69) is 35.1 Å². The van der Waals surface area contributed by atoms with Crippen molar-refractivity contribution in [3.8, 4) is 0 Å². The number of carbonyl (C=O) groups excluding carboxylic acids is 2. The molecular weight excluding hydrogens is 392 g/mol. The summed E-state index contributed by atoms with van der Waals surface area (Å²) in [5.41, 5.74) is 3.77. The van der Waals surface area contributed by atoms with Crippen LogP contribution in [0.25, 0.3) is 10.9 Å². The smallest absolute Gasteiger partial charge is 0.268 e. The molecule has 168 valence electrons. The number of aromatic nitrogens is 1. The molecule has 4 rings (SSSR count). The van der Waals surface area contributed by atoms with E-state index in [0.717, 1.165) is 55.2 Å². The highest BCUT2D eigenvalue weighted by Gasteiger charge is 2.38. The highest BCUT2D eigenvalue weighted by Crippen LogP contribution is 2.27. The molecule has 31 heavy (non-hydrogen) atoms. The number of nitrogens with one attached hydrogen (secondary N) is 2. The van der Waals surface area contributed by atoms with Crippen LogP contribution in [0, 0.1) is 6.92 Å². The fourth-order valence-electron chi connectivity index (χ4n) is 5.24. The van der Waals surface area contributed by atoms with Crippen LogP contribution in [0.2, 0.25) is 0 Å². The number of benzene rings is 1. The van der Waals surface area contributed by atoms with Gasteiger partial charge in [0.15, 0.2) is 0 Å². The van der Waals surface area contributed by atoms with Crippen molar-refractivity contribution < 1.29 is 14.7 Å². The lowest BCUT2D eigenvalue weighted by atomic mass is 9.86. The Morgan fingerprint density at radius 2 is 1.94 bits per heavy atom. The third kappa shape index (κ3) is 4.34. The molecule has 1 aliphatic heterocycles. The van der Waals surface area contributed by atoms with Crippen LogP contribution in [-0.2, 0) is 11.2 Å². The number of nitrogens with zero attached hydrogens (tertiary/aromatic N) is 2. The maximum atomic E-state index is 13.2. The van der Waals surface area contributed by atoms with Crippen LogP contribution < -0.4 is 5.32 Å². The second-order valence-electron chi connectivity index (χ2n) is 8.99. The summed E-state index contributed by atoms with van der Waals surface area (Å²) >= 11 is 0. The van der Waals surface area contributed by atoms with Gasteiger partial charge < -0.3 is 20.3 Å². The number of piperazine rings is 1. The number of fused-ring (bicyclic) bond motifs is 1. The Kier molecular flexibility index (Phi) is 6.34. The zero-order chi connectivity index (χ0) is 22.1. The van der Waals surface area contributed by atoms with Crippen molar-refractivity contribution in [1.82, 2.24) is 20.1 Å². The van der Waals surface area contributed by atoms with Gasteiger partial charge in [0, 0.05) is 50.0 Å². The van der Waals surface area contributed by atoms with Crippen molar-refractivity contribution >= 4 is 22.7 Å². The van der Waals surface area contributed by atoms with E-state index in [1.165, 1.54) is 5.56 Å². The number of H-pyrrole nitrogens is 1. The van der Waals surface area contributed by atoms with Crippen molar-refractivity contribution in [2.75, 3.05) is 26.2 Å². The lowest BCUT2D eigenvalue weighted by Crippen LogP contribution is -2.60. The first-order valence-electron chi connectivity index (χ1n) is 11.5. The van der Waals surface area contributed by atoms with E-state index in [4.69, 9.17) is 0 Å². The lowest BCUT2D eigenvalue weighted by molar-refractivity contribution is -0.131. The zero-order valence-corrected chi connectivity index (χ0v) is 18.8. The normalized spacial score (nSPS) is 25.0. The fourth-order valence-corrected chi connectivity index (χ4v) is 5.24. The molecular formula is C24H34N4O3. The molecule has 2 heterocycles. The molecule has 1 aromatic carbocycles. The van der Waals surface area contributed by atoms with E-state index < -0.39 is 6.10 Å². The molecule has 2 fully saturated rings. The number of amides is 2. The van der Waals surface area contributed by atoms with Gasteiger partial charge in [0.2, 0.25) is 5.91 Å². The van der Waals surface area contributed by atoms with Crippen LogP contribution in [0.4, 0.5) is 0 Å². The Labute approximate surface area is 183 Å². The summed E-state index contributed by atoms with van der Waals surface area (Å²) < 4.78 is 0. The standard InChI is InChI=1S/C24H34N4O3/c1-4-17-18-14-15(2)8-9-19(18)25-22(17)24(31)26-20-6-5-7-21(23(20)30)28-12-10-27(11-13-28)16(3)29/h8-9,14,20-21,23,25,30H,4-7,10-13H2,1-3H3,(H,26,31)/t20-,21-,23-/m1/s1. The number of hydrogen-bond acceptors (Lipinski definition) is 4. The average Bonchev–Trinajstić information content (AvgIpc) is 3.13. The topological polar surface area (TPSA) is 88.7 Å². The van der Waals surface area contributed by atoms with E-state index in [1.54, 1.807) is 6.92 Å². The zero-order valence-electron chi connectivity index (χ0n) is 18.8. The quantitative estimate of drug-likeness (QED) is 0.699. The second kappa shape index (κ2) is 9.01. The van der Waals surface area contributed by atoms with E-state index >= 15 is 0 Å². The van der Waals surface area contributed by atoms with Gasteiger partial charge in [-0.05, 0) is 50.3 Å². The number of hydrogen-bond donors (Lipinski definition) is 3. The molecule has 7 heteroatoms. The van der Waals surface area contributed by atoms with Gasteiger partial charge in [0.1, 0.15) is 5.69 Å². The first-order valence-corrected chi connectivity index (χ1v) is 11.5. The molecule has 1 aliphatic carbocycles. The number of aliphatic hydroxyl groups is 1. The predicted molar refractivity (Wildman–Crippen MR) is 121 cm³/mol. The van der Waals surface area contributed by atoms with Crippen molar-refractivity contribution in [2.45, 2.75) is 64.6 Å². The third-order valence-electron chi connectivity index (χ3n) is 7.01. The number of carbonyl (C=O) groups is 2. The summed E-state index contributed by atoms with van der Waals surface area (Å²) in [7, 11) is 0. The Balaban J connectivity index is 1.46. The van der Waals surface area contributed by atoms with Crippen molar-refractivity contribution in [3.05, 3.63) is 35.0 Å². The first-order chi connectivity index (χ1) is 14.9. The molecule has 1 saturated carbocycles. The van der Waals surface area contributed by atoms with Gasteiger partial charge in [-0.25, -0.2) is 0 Å². The van der Waals surface area contributed by atoms with E-state index in [-0.39, 0.29) is 23.9 Å². The van der Waals surface area contributed by atoms with Crippen LogP contribution in [-0.4, -0.2) is 76.1 Å². The van der Waals surface area contributed by atoms with Gasteiger partial charge in [0.25, 0.3) is 5.91 Å². The van der Waals surface area contributed by atoms with Crippen molar-refractivity contribution in [1.29, 1.82) is 0 Å². The number of aryl methyl sites for hydroxylation is 2. The molecule has 0 spiro atoms. The molecule has 1 saturated heterocycles. The maximum Gasteiger partial charge on any atom is 0.268 e. The minimum atomic E-state index is -0.613. The molecule has 2 amide bonds. The Bertz CT molecular complexity index is 961. The molecule has 2 aromatic rings. The van der Waals surface area contributed by atoms with Gasteiger partial charge >= 0.3 is 0 Å². The average molecular weight is 427 g/mol. The van der Waals surface area contributed by atoms with Crippen LogP contribution in [0.15, 0.2) is 18.2 Å². The van der Waals surface area contributed by atoms with E-state index in [1.807, 2.05) is 17.0 Å². The van der Waals surface area contributed by atoms with E-state index in [9.17, 15) is 14.7 Å². The lowest BCUT2D eigenvalue weighted by Gasteiger charge is -2.45. The largest absolute Gasteiger partial charge is 0.389 e. The predicted octanol–water partition coefficient (Wildman–Crippen LogP) is 2.21. The summed E-state index contributed by atoms with van der Waals surface area (Å²) in [6.07, 6.45) is 2.81. The Morgan fingerprint density at radius 3 is 2.61 bits per heavy atom. The molecule has 1 aromatic heterocycles. The van der Waals surface area contributed by atoms with Crippen molar-refractivity contribution in [2.24, 2.45) is 0 Å². The van der Waals surface area contributed by atoms with Crippen LogP contribution in [0.1, 0.15) is 54.7 Å². The summed E-state index contributed by atoms with van der Waals surface area (Å²) in [5.74, 6) is -0.0361. The monoisotopic (exact) mass is 426 g/mol. The van der Waals surface area contributed by atoms with Gasteiger partial charge in [-0.3, -0.25) is 14.5 Å². The Hall–Kier alpha value is -2.38. The first kappa shape index (κ1) is 21.8. The minimum Gasteiger partial charge on any atom is -0.389 e. The second-order valence-corrected chi connectivity index (χ2v) is 8.99. The van der Waals surface area contributed by atoms with Gasteiger partial charge in [0.05, 0.1) is 12.1 Å². The van der Waals surface area contributed by atoms with E-state index in [0.29, 0.717) is 18.8 Å². The van der Waals surface area contributed by atoms with Gasteiger partial charge in [-0.2, -0.15) is 0 Å². The molecule has 7 nitrogen and oxygen atoms in total. The fraction of sp³-hybridized carbons (Fsp3) is 0.583.